The van der Waals surface area contributed by atoms with Gasteiger partial charge in [-0.15, -0.1) is 10.2 Å². The number of amides is 1. The van der Waals surface area contributed by atoms with Crippen LogP contribution < -0.4 is 10.6 Å². The smallest absolute Gasteiger partial charge is 0.229 e. The Labute approximate surface area is 140 Å². The number of nitrogens with one attached hydrogen (secondary N) is 2. The Morgan fingerprint density at radius 3 is 2.38 bits per heavy atom. The van der Waals surface area contributed by atoms with Crippen molar-refractivity contribution >= 4 is 23.2 Å². The summed E-state index contributed by atoms with van der Waals surface area (Å²) in [7, 11) is 0. The number of nitrogens with zero attached hydrogens (tertiary/aromatic N) is 2. The van der Waals surface area contributed by atoms with Crippen molar-refractivity contribution in [1.29, 1.82) is 0 Å². The number of rotatable bonds is 5. The summed E-state index contributed by atoms with van der Waals surface area (Å²) in [6.45, 7) is 2.03. The number of hydrogen-bond donors (Lipinski definition) is 2. The first-order valence-electron chi connectivity index (χ1n) is 7.70. The molecule has 3 rings (SSSR count). The van der Waals surface area contributed by atoms with Crippen molar-refractivity contribution < 1.29 is 4.79 Å². The molecule has 0 radical (unpaired) electrons. The summed E-state index contributed by atoms with van der Waals surface area (Å²) in [5, 5.41) is 14.1. The molecule has 1 amide bonds. The van der Waals surface area contributed by atoms with Gasteiger partial charge in [0.15, 0.2) is 11.6 Å². The van der Waals surface area contributed by atoms with Gasteiger partial charge in [-0.3, -0.25) is 4.79 Å². The molecule has 0 aliphatic heterocycles. The van der Waals surface area contributed by atoms with Gasteiger partial charge in [-0.25, -0.2) is 0 Å². The van der Waals surface area contributed by atoms with E-state index in [2.05, 4.69) is 20.8 Å². The largest absolute Gasteiger partial charge is 0.339 e. The second-order valence-electron chi connectivity index (χ2n) is 5.51. The minimum Gasteiger partial charge on any atom is -0.339 e. The van der Waals surface area contributed by atoms with Crippen LogP contribution in [0.4, 0.5) is 17.3 Å². The Morgan fingerprint density at radius 2 is 1.67 bits per heavy atom. The first kappa shape index (κ1) is 15.7. The molecule has 0 saturated heterocycles. The summed E-state index contributed by atoms with van der Waals surface area (Å²) in [4.78, 5) is 12.0. The van der Waals surface area contributed by atoms with Crippen LogP contribution in [0.1, 0.15) is 11.1 Å². The van der Waals surface area contributed by atoms with Crippen molar-refractivity contribution in [2.45, 2.75) is 13.3 Å². The molecule has 0 bridgehead atoms. The maximum Gasteiger partial charge on any atom is 0.229 e. The molecule has 3 aromatic rings. The fourth-order valence-corrected chi connectivity index (χ4v) is 2.30. The average Bonchev–Trinajstić information content (AvgIpc) is 2.57. The first-order chi connectivity index (χ1) is 11.7. The molecule has 2 aromatic carbocycles. The van der Waals surface area contributed by atoms with E-state index < -0.39 is 0 Å². The van der Waals surface area contributed by atoms with E-state index in [4.69, 9.17) is 0 Å². The number of hydrogen-bond acceptors (Lipinski definition) is 4. The van der Waals surface area contributed by atoms with E-state index in [0.717, 1.165) is 16.8 Å². The van der Waals surface area contributed by atoms with E-state index in [1.165, 1.54) is 0 Å². The number of carbonyl (C=O) groups is 1. The molecule has 5 nitrogen and oxygen atoms in total. The summed E-state index contributed by atoms with van der Waals surface area (Å²) in [6.07, 6.45) is 0.311. The first-order valence-corrected chi connectivity index (χ1v) is 7.70. The van der Waals surface area contributed by atoms with Crippen LogP contribution in [0.2, 0.25) is 0 Å². The quantitative estimate of drug-likeness (QED) is 0.752. The summed E-state index contributed by atoms with van der Waals surface area (Å²) >= 11 is 0. The molecule has 0 unspecified atom stereocenters. The Hall–Kier alpha value is -3.21. The molecule has 0 aliphatic carbocycles. The van der Waals surface area contributed by atoms with Crippen molar-refractivity contribution in [3.8, 4) is 0 Å². The molecule has 120 valence electrons. The van der Waals surface area contributed by atoms with E-state index >= 15 is 0 Å². The predicted octanol–water partition coefficient (Wildman–Crippen LogP) is 3.71. The zero-order valence-electron chi connectivity index (χ0n) is 13.4. The second-order valence-corrected chi connectivity index (χ2v) is 5.51. The van der Waals surface area contributed by atoms with Gasteiger partial charge in [0.1, 0.15) is 0 Å². The molecule has 0 aliphatic rings. The monoisotopic (exact) mass is 318 g/mol. The summed E-state index contributed by atoms with van der Waals surface area (Å²) < 4.78 is 0. The summed E-state index contributed by atoms with van der Waals surface area (Å²) in [6, 6.07) is 21.1. The van der Waals surface area contributed by atoms with Crippen LogP contribution >= 0.6 is 0 Å². The number of benzene rings is 2. The van der Waals surface area contributed by atoms with Crippen LogP contribution in [-0.2, 0) is 11.2 Å². The molecule has 1 aromatic heterocycles. The maximum atomic E-state index is 12.0. The molecular formula is C19H18N4O. The van der Waals surface area contributed by atoms with Crippen LogP contribution in [0.5, 0.6) is 0 Å². The van der Waals surface area contributed by atoms with Crippen LogP contribution in [-0.4, -0.2) is 16.1 Å². The summed E-state index contributed by atoms with van der Waals surface area (Å²) in [5.74, 6) is 0.947. The van der Waals surface area contributed by atoms with Gasteiger partial charge >= 0.3 is 0 Å². The zero-order chi connectivity index (χ0) is 16.8. The Balaban J connectivity index is 1.59. The molecule has 2 N–H and O–H groups in total. The Bertz CT molecular complexity index is 816. The van der Waals surface area contributed by atoms with E-state index in [-0.39, 0.29) is 5.91 Å². The van der Waals surface area contributed by atoms with Gasteiger partial charge in [0, 0.05) is 5.69 Å². The highest BCUT2D eigenvalue weighted by Gasteiger charge is 2.05. The van der Waals surface area contributed by atoms with Gasteiger partial charge in [0.2, 0.25) is 5.91 Å². The number of carbonyl (C=O) groups excluding carboxylic acids is 1. The topological polar surface area (TPSA) is 66.9 Å². The second kappa shape index (κ2) is 7.37. The van der Waals surface area contributed by atoms with Crippen molar-refractivity contribution in [2.75, 3.05) is 10.6 Å². The predicted molar refractivity (Wildman–Crippen MR) is 95.3 cm³/mol. The highest BCUT2D eigenvalue weighted by Crippen LogP contribution is 2.16. The van der Waals surface area contributed by atoms with E-state index in [1.807, 2.05) is 61.5 Å². The van der Waals surface area contributed by atoms with Crippen LogP contribution in [0.3, 0.4) is 0 Å². The lowest BCUT2D eigenvalue weighted by Crippen LogP contribution is -2.15. The van der Waals surface area contributed by atoms with Gasteiger partial charge < -0.3 is 10.6 Å². The highest BCUT2D eigenvalue weighted by molar-refractivity contribution is 5.91. The molecule has 1 heterocycles. The summed E-state index contributed by atoms with van der Waals surface area (Å²) in [5.41, 5.74) is 3.07. The van der Waals surface area contributed by atoms with Gasteiger partial charge in [-0.05, 0) is 42.3 Å². The lowest BCUT2D eigenvalue weighted by Gasteiger charge is -2.07. The SMILES string of the molecule is Cc1cccc(Nc2ccc(NC(=O)Cc3ccccc3)nn2)c1. The van der Waals surface area contributed by atoms with E-state index in [0.29, 0.717) is 18.1 Å². The highest BCUT2D eigenvalue weighted by atomic mass is 16.1. The molecule has 24 heavy (non-hydrogen) atoms. The third-order valence-corrected chi connectivity index (χ3v) is 3.43. The van der Waals surface area contributed by atoms with E-state index in [9.17, 15) is 4.79 Å². The average molecular weight is 318 g/mol. The number of aromatic nitrogens is 2. The third kappa shape index (κ3) is 4.39. The van der Waals surface area contributed by atoms with E-state index in [1.54, 1.807) is 12.1 Å². The van der Waals surface area contributed by atoms with Crippen molar-refractivity contribution in [1.82, 2.24) is 10.2 Å². The number of anilines is 3. The molecule has 0 spiro atoms. The fraction of sp³-hybridized carbons (Fsp3) is 0.105. The normalized spacial score (nSPS) is 10.2. The van der Waals surface area contributed by atoms with Gasteiger partial charge in [-0.1, -0.05) is 42.5 Å². The van der Waals surface area contributed by atoms with Gasteiger partial charge in [0.05, 0.1) is 6.42 Å². The molecule has 0 fully saturated rings. The zero-order valence-corrected chi connectivity index (χ0v) is 13.4. The van der Waals surface area contributed by atoms with Crippen molar-refractivity contribution in [2.24, 2.45) is 0 Å². The van der Waals surface area contributed by atoms with Crippen molar-refractivity contribution in [3.63, 3.8) is 0 Å². The Morgan fingerprint density at radius 1 is 0.917 bits per heavy atom. The van der Waals surface area contributed by atoms with Gasteiger partial charge in [0.25, 0.3) is 0 Å². The van der Waals surface area contributed by atoms with Crippen LogP contribution in [0.25, 0.3) is 0 Å². The Kier molecular flexibility index (Phi) is 4.81. The lowest BCUT2D eigenvalue weighted by atomic mass is 10.1. The molecule has 0 saturated carbocycles. The maximum absolute atomic E-state index is 12.0. The standard InChI is InChI=1S/C19H18N4O/c1-14-6-5-9-16(12-14)20-17-10-11-18(23-22-17)21-19(24)13-15-7-3-2-4-8-15/h2-12H,13H2,1H3,(H,20,22)(H,21,23,24). The minimum atomic E-state index is -0.116. The number of aryl methyl sites for hydroxylation is 1. The lowest BCUT2D eigenvalue weighted by molar-refractivity contribution is -0.115. The van der Waals surface area contributed by atoms with Gasteiger partial charge in [-0.2, -0.15) is 0 Å². The fourth-order valence-electron chi connectivity index (χ4n) is 2.30. The minimum absolute atomic E-state index is 0.116. The van der Waals surface area contributed by atoms with Crippen LogP contribution in [0, 0.1) is 6.92 Å². The van der Waals surface area contributed by atoms with Crippen molar-refractivity contribution in [3.05, 3.63) is 77.9 Å². The molecule has 0 atom stereocenters. The third-order valence-electron chi connectivity index (χ3n) is 3.43. The van der Waals surface area contributed by atoms with Crippen LogP contribution in [0.15, 0.2) is 66.7 Å². The molecular weight excluding hydrogens is 300 g/mol. The molecule has 5 heteroatoms.